The zero-order valence-corrected chi connectivity index (χ0v) is 12.1. The van der Waals surface area contributed by atoms with E-state index < -0.39 is 15.8 Å². The summed E-state index contributed by atoms with van der Waals surface area (Å²) in [6.45, 7) is 2.31. The highest BCUT2D eigenvalue weighted by atomic mass is 79.9. The molecule has 0 aliphatic carbocycles. The highest BCUT2D eigenvalue weighted by molar-refractivity contribution is 9.10. The third-order valence-corrected chi connectivity index (χ3v) is 5.37. The number of halogens is 2. The second kappa shape index (κ2) is 5.64. The van der Waals surface area contributed by atoms with E-state index in [1.54, 1.807) is 0 Å². The summed E-state index contributed by atoms with van der Waals surface area (Å²) in [6, 6.07) is 3.89. The van der Waals surface area contributed by atoms with Gasteiger partial charge in [0, 0.05) is 19.6 Å². The minimum atomic E-state index is -3.59. The van der Waals surface area contributed by atoms with Crippen LogP contribution in [0.1, 0.15) is 6.42 Å². The Hall–Kier alpha value is -0.500. The fourth-order valence-corrected chi connectivity index (χ4v) is 3.59. The molecule has 0 bridgehead atoms. The van der Waals surface area contributed by atoms with Crippen molar-refractivity contribution in [2.75, 3.05) is 26.2 Å². The van der Waals surface area contributed by atoms with E-state index in [0.29, 0.717) is 19.6 Å². The highest BCUT2D eigenvalue weighted by Crippen LogP contribution is 2.22. The van der Waals surface area contributed by atoms with Gasteiger partial charge in [-0.15, -0.1) is 0 Å². The molecule has 0 saturated carbocycles. The van der Waals surface area contributed by atoms with Crippen LogP contribution in [0.4, 0.5) is 4.39 Å². The molecular weight excluding hydrogens is 323 g/mol. The lowest BCUT2D eigenvalue weighted by Crippen LogP contribution is -2.34. The lowest BCUT2D eigenvalue weighted by molar-refractivity contribution is 0.431. The summed E-state index contributed by atoms with van der Waals surface area (Å²) in [4.78, 5) is 0.00472. The molecule has 0 spiro atoms. The first kappa shape index (κ1) is 13.9. The van der Waals surface area contributed by atoms with Crippen molar-refractivity contribution >= 4 is 26.0 Å². The Bertz CT molecular complexity index is 528. The van der Waals surface area contributed by atoms with Crippen molar-refractivity contribution in [2.45, 2.75) is 11.3 Å². The normalized spacial score (nSPS) is 18.6. The number of hydrogen-bond donors (Lipinski definition) is 1. The van der Waals surface area contributed by atoms with E-state index in [0.717, 1.165) is 19.0 Å². The van der Waals surface area contributed by atoms with Crippen molar-refractivity contribution in [2.24, 2.45) is 0 Å². The average molecular weight is 337 g/mol. The summed E-state index contributed by atoms with van der Waals surface area (Å²) in [7, 11) is -3.59. The van der Waals surface area contributed by atoms with E-state index in [1.807, 2.05) is 0 Å². The Morgan fingerprint density at radius 3 is 2.78 bits per heavy atom. The first-order valence-electron chi connectivity index (χ1n) is 5.68. The first-order chi connectivity index (χ1) is 8.51. The second-order valence-corrected chi connectivity index (χ2v) is 6.88. The summed E-state index contributed by atoms with van der Waals surface area (Å²) in [5.41, 5.74) is 0. The molecule has 0 amide bonds. The maximum absolute atomic E-state index is 13.4. The van der Waals surface area contributed by atoms with E-state index in [1.165, 1.54) is 16.4 Å². The summed E-state index contributed by atoms with van der Waals surface area (Å²) in [6.07, 6.45) is 0.762. The Kier molecular flexibility index (Phi) is 4.37. The van der Waals surface area contributed by atoms with Gasteiger partial charge in [0.15, 0.2) is 0 Å². The molecule has 1 aliphatic heterocycles. The maximum Gasteiger partial charge on any atom is 0.243 e. The molecule has 100 valence electrons. The van der Waals surface area contributed by atoms with Gasteiger partial charge in [0.25, 0.3) is 0 Å². The Morgan fingerprint density at radius 1 is 1.28 bits per heavy atom. The third-order valence-electron chi connectivity index (χ3n) is 2.83. The SMILES string of the molecule is O=S(=O)(c1ccc(Br)c(F)c1)N1CCCNCC1. The maximum atomic E-state index is 13.4. The van der Waals surface area contributed by atoms with Gasteiger partial charge in [-0.25, -0.2) is 12.8 Å². The van der Waals surface area contributed by atoms with Gasteiger partial charge in [-0.05, 0) is 47.1 Å². The first-order valence-corrected chi connectivity index (χ1v) is 7.91. The minimum Gasteiger partial charge on any atom is -0.315 e. The molecule has 0 aromatic heterocycles. The molecule has 0 atom stereocenters. The topological polar surface area (TPSA) is 49.4 Å². The lowest BCUT2D eigenvalue weighted by Gasteiger charge is -2.19. The van der Waals surface area contributed by atoms with Crippen LogP contribution in [-0.4, -0.2) is 38.9 Å². The van der Waals surface area contributed by atoms with Crippen LogP contribution in [0.5, 0.6) is 0 Å². The zero-order chi connectivity index (χ0) is 13.2. The highest BCUT2D eigenvalue weighted by Gasteiger charge is 2.25. The van der Waals surface area contributed by atoms with Crippen molar-refractivity contribution in [3.05, 3.63) is 28.5 Å². The van der Waals surface area contributed by atoms with Gasteiger partial charge >= 0.3 is 0 Å². The van der Waals surface area contributed by atoms with Crippen LogP contribution in [-0.2, 0) is 10.0 Å². The number of nitrogens with one attached hydrogen (secondary N) is 1. The van der Waals surface area contributed by atoms with E-state index in [2.05, 4.69) is 21.2 Å². The van der Waals surface area contributed by atoms with Crippen LogP contribution >= 0.6 is 15.9 Å². The molecular formula is C11H14BrFN2O2S. The molecule has 18 heavy (non-hydrogen) atoms. The van der Waals surface area contributed by atoms with Gasteiger partial charge in [-0.3, -0.25) is 0 Å². The average Bonchev–Trinajstić information content (AvgIpc) is 2.61. The summed E-state index contributed by atoms with van der Waals surface area (Å²) in [5.74, 6) is -0.566. The monoisotopic (exact) mass is 336 g/mol. The summed E-state index contributed by atoms with van der Waals surface area (Å²) < 4.78 is 39.7. The van der Waals surface area contributed by atoms with Crippen LogP contribution in [0.2, 0.25) is 0 Å². The predicted molar refractivity (Wildman–Crippen MR) is 70.3 cm³/mol. The van der Waals surface area contributed by atoms with E-state index in [9.17, 15) is 12.8 Å². The van der Waals surface area contributed by atoms with Crippen molar-refractivity contribution in [3.8, 4) is 0 Å². The number of nitrogens with zero attached hydrogens (tertiary/aromatic N) is 1. The van der Waals surface area contributed by atoms with Gasteiger partial charge < -0.3 is 5.32 Å². The molecule has 1 N–H and O–H groups in total. The zero-order valence-electron chi connectivity index (χ0n) is 9.70. The largest absolute Gasteiger partial charge is 0.315 e. The number of benzene rings is 1. The molecule has 7 heteroatoms. The summed E-state index contributed by atoms with van der Waals surface area (Å²) in [5, 5.41) is 3.13. The molecule has 2 rings (SSSR count). The minimum absolute atomic E-state index is 0.00472. The number of sulfonamides is 1. The molecule has 1 aromatic rings. The van der Waals surface area contributed by atoms with E-state index >= 15 is 0 Å². The van der Waals surface area contributed by atoms with Gasteiger partial charge in [0.05, 0.1) is 9.37 Å². The van der Waals surface area contributed by atoms with Crippen LogP contribution in [0, 0.1) is 5.82 Å². The predicted octanol–water partition coefficient (Wildman–Crippen LogP) is 1.57. The van der Waals surface area contributed by atoms with Gasteiger partial charge in [0.1, 0.15) is 5.82 Å². The Balaban J connectivity index is 2.31. The van der Waals surface area contributed by atoms with Gasteiger partial charge in [0.2, 0.25) is 10.0 Å². The van der Waals surface area contributed by atoms with Crippen LogP contribution in [0.15, 0.2) is 27.6 Å². The van der Waals surface area contributed by atoms with Crippen molar-refractivity contribution in [3.63, 3.8) is 0 Å². The van der Waals surface area contributed by atoms with Crippen molar-refractivity contribution in [1.82, 2.24) is 9.62 Å². The van der Waals surface area contributed by atoms with E-state index in [4.69, 9.17) is 0 Å². The summed E-state index contributed by atoms with van der Waals surface area (Å²) >= 11 is 3.01. The van der Waals surface area contributed by atoms with Crippen LogP contribution in [0.25, 0.3) is 0 Å². The molecule has 1 saturated heterocycles. The number of hydrogen-bond acceptors (Lipinski definition) is 3. The fourth-order valence-electron chi connectivity index (χ4n) is 1.85. The molecule has 1 heterocycles. The molecule has 4 nitrogen and oxygen atoms in total. The van der Waals surface area contributed by atoms with Crippen molar-refractivity contribution in [1.29, 1.82) is 0 Å². The lowest BCUT2D eigenvalue weighted by atomic mass is 10.3. The number of rotatable bonds is 2. The standard InChI is InChI=1S/C11H14BrFN2O2S/c12-10-3-2-9(8-11(10)13)18(16,17)15-6-1-4-14-5-7-15/h2-3,8,14H,1,4-7H2. The van der Waals surface area contributed by atoms with Crippen LogP contribution in [0.3, 0.4) is 0 Å². The molecule has 1 fully saturated rings. The quantitative estimate of drug-likeness (QED) is 0.891. The Morgan fingerprint density at radius 2 is 2.06 bits per heavy atom. The molecule has 1 aliphatic rings. The fraction of sp³-hybridized carbons (Fsp3) is 0.455. The van der Waals surface area contributed by atoms with E-state index in [-0.39, 0.29) is 9.37 Å². The second-order valence-electron chi connectivity index (χ2n) is 4.08. The van der Waals surface area contributed by atoms with Crippen molar-refractivity contribution < 1.29 is 12.8 Å². The van der Waals surface area contributed by atoms with Gasteiger partial charge in [-0.2, -0.15) is 4.31 Å². The Labute approximate surface area is 114 Å². The molecule has 1 aromatic carbocycles. The molecule has 0 unspecified atom stereocenters. The van der Waals surface area contributed by atoms with Crippen LogP contribution < -0.4 is 5.32 Å². The third kappa shape index (κ3) is 2.90. The molecule has 0 radical (unpaired) electrons. The van der Waals surface area contributed by atoms with Gasteiger partial charge in [-0.1, -0.05) is 0 Å². The smallest absolute Gasteiger partial charge is 0.243 e.